The number of benzene rings is 2. The van der Waals surface area contributed by atoms with Gasteiger partial charge in [0.25, 0.3) is 0 Å². The number of nitrogens with zero attached hydrogens (tertiary/aromatic N) is 2. The lowest BCUT2D eigenvalue weighted by atomic mass is 10.2. The molecule has 0 bridgehead atoms. The maximum atomic E-state index is 13.4. The Morgan fingerprint density at radius 3 is 1.10 bits per heavy atom. The van der Waals surface area contributed by atoms with Crippen LogP contribution in [0.2, 0.25) is 0 Å². The van der Waals surface area contributed by atoms with Crippen molar-refractivity contribution in [1.29, 1.82) is 0 Å². The third-order valence-corrected chi connectivity index (χ3v) is 2.33. The van der Waals surface area contributed by atoms with E-state index in [-0.39, 0.29) is 11.4 Å². The number of nitrogens with two attached hydrogens (primary N) is 2. The number of rotatable bonds is 2. The van der Waals surface area contributed by atoms with Gasteiger partial charge in [-0.1, -0.05) is 0 Å². The van der Waals surface area contributed by atoms with Gasteiger partial charge in [-0.25, -0.2) is 17.6 Å². The van der Waals surface area contributed by atoms with Crippen molar-refractivity contribution in [3.8, 4) is 0 Å². The van der Waals surface area contributed by atoms with Gasteiger partial charge in [-0.2, -0.15) is 0 Å². The van der Waals surface area contributed by atoms with Crippen LogP contribution in [0.1, 0.15) is 0 Å². The van der Waals surface area contributed by atoms with E-state index in [1.807, 2.05) is 0 Å². The van der Waals surface area contributed by atoms with Gasteiger partial charge in [0.05, 0.1) is 0 Å². The van der Waals surface area contributed by atoms with E-state index in [9.17, 15) is 17.6 Å². The van der Waals surface area contributed by atoms with Crippen molar-refractivity contribution in [3.05, 3.63) is 47.5 Å². The molecule has 4 nitrogen and oxygen atoms in total. The second-order valence-corrected chi connectivity index (χ2v) is 3.87. The second kappa shape index (κ2) is 5.16. The lowest BCUT2D eigenvalue weighted by Gasteiger charge is -2.02. The smallest absolute Gasteiger partial charge is 0.157 e. The Balaban J connectivity index is 2.45. The van der Waals surface area contributed by atoms with Crippen molar-refractivity contribution in [2.24, 2.45) is 10.2 Å². The predicted octanol–water partition coefficient (Wildman–Crippen LogP) is 3.82. The number of nitrogen functional groups attached to an aromatic ring is 2. The number of anilines is 2. The van der Waals surface area contributed by atoms with Gasteiger partial charge in [-0.3, -0.25) is 0 Å². The van der Waals surface area contributed by atoms with Gasteiger partial charge in [0.2, 0.25) is 0 Å². The summed E-state index contributed by atoms with van der Waals surface area (Å²) in [5, 5.41) is 6.33. The topological polar surface area (TPSA) is 76.8 Å². The predicted molar refractivity (Wildman–Crippen MR) is 65.7 cm³/mol. The Kier molecular flexibility index (Phi) is 3.55. The summed E-state index contributed by atoms with van der Waals surface area (Å²) in [6, 6.07) is 3.25. The van der Waals surface area contributed by atoms with E-state index in [1.165, 1.54) is 0 Å². The van der Waals surface area contributed by atoms with Crippen molar-refractivity contribution in [1.82, 2.24) is 0 Å². The Morgan fingerprint density at radius 1 is 0.600 bits per heavy atom. The van der Waals surface area contributed by atoms with Crippen LogP contribution in [-0.4, -0.2) is 0 Å². The lowest BCUT2D eigenvalue weighted by Crippen LogP contribution is -1.91. The van der Waals surface area contributed by atoms with Crippen LogP contribution in [0, 0.1) is 23.3 Å². The third kappa shape index (κ3) is 2.68. The molecule has 2 rings (SSSR count). The minimum absolute atomic E-state index is 0.149. The first-order valence-corrected chi connectivity index (χ1v) is 5.29. The highest BCUT2D eigenvalue weighted by atomic mass is 19.1. The summed E-state index contributed by atoms with van der Waals surface area (Å²) in [5.74, 6) is -4.38. The molecule has 20 heavy (non-hydrogen) atoms. The van der Waals surface area contributed by atoms with Crippen LogP contribution >= 0.6 is 0 Å². The summed E-state index contributed by atoms with van der Waals surface area (Å²) in [4.78, 5) is 0. The fraction of sp³-hybridized carbons (Fsp3) is 0. The van der Waals surface area contributed by atoms with Crippen molar-refractivity contribution < 1.29 is 17.6 Å². The number of hydrogen-bond donors (Lipinski definition) is 2. The lowest BCUT2D eigenvalue weighted by molar-refractivity contribution is 0.578. The summed E-state index contributed by atoms with van der Waals surface area (Å²) < 4.78 is 53.6. The molecule has 0 atom stereocenters. The molecule has 0 aromatic heterocycles. The van der Waals surface area contributed by atoms with Crippen LogP contribution in [0.3, 0.4) is 0 Å². The van der Waals surface area contributed by atoms with E-state index in [0.29, 0.717) is 0 Å². The Morgan fingerprint density at radius 2 is 0.850 bits per heavy atom. The zero-order valence-electron chi connectivity index (χ0n) is 9.87. The molecule has 0 amide bonds. The van der Waals surface area contributed by atoms with E-state index in [4.69, 9.17) is 11.5 Å². The van der Waals surface area contributed by atoms with Crippen molar-refractivity contribution in [3.63, 3.8) is 0 Å². The molecule has 0 saturated carbocycles. The standard InChI is InChI=1S/C12H8F4N4/c13-7-1-5(17)2-8(14)11(7)19-20-12-9(15)3-6(18)4-10(12)16/h1-4H,17-18H2. The van der Waals surface area contributed by atoms with Crippen LogP contribution in [0.25, 0.3) is 0 Å². The van der Waals surface area contributed by atoms with Crippen molar-refractivity contribution >= 4 is 22.7 Å². The summed E-state index contributed by atoms with van der Waals surface area (Å²) in [7, 11) is 0. The molecule has 0 spiro atoms. The van der Waals surface area contributed by atoms with Gasteiger partial charge in [0.1, 0.15) is 0 Å². The number of azo groups is 1. The van der Waals surface area contributed by atoms with E-state index < -0.39 is 34.6 Å². The molecule has 0 heterocycles. The first-order chi connectivity index (χ1) is 9.38. The average Bonchev–Trinajstić information content (AvgIpc) is 2.30. The molecule has 0 aliphatic rings. The Bertz CT molecular complexity index is 594. The van der Waals surface area contributed by atoms with Crippen LogP contribution in [0.5, 0.6) is 0 Å². The Hall–Kier alpha value is -2.64. The van der Waals surface area contributed by atoms with E-state index >= 15 is 0 Å². The van der Waals surface area contributed by atoms with Crippen molar-refractivity contribution in [2.75, 3.05) is 11.5 Å². The first-order valence-electron chi connectivity index (χ1n) is 5.29. The highest BCUT2D eigenvalue weighted by molar-refractivity contribution is 5.52. The van der Waals surface area contributed by atoms with E-state index in [1.54, 1.807) is 0 Å². The number of hydrogen-bond acceptors (Lipinski definition) is 4. The maximum Gasteiger partial charge on any atom is 0.157 e. The highest BCUT2D eigenvalue weighted by Gasteiger charge is 2.13. The second-order valence-electron chi connectivity index (χ2n) is 3.87. The molecule has 2 aromatic rings. The zero-order chi connectivity index (χ0) is 14.9. The monoisotopic (exact) mass is 284 g/mol. The van der Waals surface area contributed by atoms with Crippen LogP contribution in [0.15, 0.2) is 34.5 Å². The maximum absolute atomic E-state index is 13.4. The molecule has 0 unspecified atom stereocenters. The zero-order valence-corrected chi connectivity index (χ0v) is 9.87. The fourth-order valence-electron chi connectivity index (χ4n) is 1.46. The molecular weight excluding hydrogens is 276 g/mol. The van der Waals surface area contributed by atoms with Crippen LogP contribution < -0.4 is 11.5 Å². The van der Waals surface area contributed by atoms with Gasteiger partial charge in [-0.05, 0) is 24.3 Å². The fourth-order valence-corrected chi connectivity index (χ4v) is 1.46. The highest BCUT2D eigenvalue weighted by Crippen LogP contribution is 2.30. The molecule has 104 valence electrons. The number of halogens is 4. The molecule has 0 radical (unpaired) electrons. The van der Waals surface area contributed by atoms with Gasteiger partial charge in [-0.15, -0.1) is 10.2 Å². The van der Waals surface area contributed by atoms with Gasteiger partial charge in [0.15, 0.2) is 34.6 Å². The SMILES string of the molecule is Nc1cc(F)c(N=Nc2c(F)cc(N)cc2F)c(F)c1. The molecular formula is C12H8F4N4. The summed E-state index contributed by atoms with van der Waals surface area (Å²) in [6.07, 6.45) is 0. The minimum atomic E-state index is -1.09. The van der Waals surface area contributed by atoms with Crippen molar-refractivity contribution in [2.45, 2.75) is 0 Å². The molecule has 4 N–H and O–H groups in total. The summed E-state index contributed by atoms with van der Waals surface area (Å²) >= 11 is 0. The van der Waals surface area contributed by atoms with Gasteiger partial charge in [0, 0.05) is 11.4 Å². The normalized spacial score (nSPS) is 11.2. The molecule has 0 saturated heterocycles. The third-order valence-electron chi connectivity index (χ3n) is 2.33. The van der Waals surface area contributed by atoms with E-state index in [2.05, 4.69) is 10.2 Å². The average molecular weight is 284 g/mol. The van der Waals surface area contributed by atoms with Crippen LogP contribution in [0.4, 0.5) is 40.3 Å². The largest absolute Gasteiger partial charge is 0.399 e. The van der Waals surface area contributed by atoms with Gasteiger partial charge >= 0.3 is 0 Å². The Labute approximate surface area is 110 Å². The first kappa shape index (κ1) is 13.8. The molecule has 0 fully saturated rings. The summed E-state index contributed by atoms with van der Waals surface area (Å²) in [6.45, 7) is 0. The molecule has 0 aliphatic heterocycles. The quantitative estimate of drug-likeness (QED) is 0.499. The van der Waals surface area contributed by atoms with Gasteiger partial charge < -0.3 is 11.5 Å². The molecule has 8 heteroatoms. The molecule has 0 aliphatic carbocycles. The van der Waals surface area contributed by atoms with Crippen LogP contribution in [-0.2, 0) is 0 Å². The van der Waals surface area contributed by atoms with E-state index in [0.717, 1.165) is 24.3 Å². The summed E-state index contributed by atoms with van der Waals surface area (Å²) in [5.41, 5.74) is 8.54. The molecule has 2 aromatic carbocycles. The minimum Gasteiger partial charge on any atom is -0.399 e.